The molecule has 0 aliphatic carbocycles. The average Bonchev–Trinajstić information content (AvgIpc) is 2.59. The third kappa shape index (κ3) is 2.23. The standard InChI is InChI=1S/C11H12N2O2S/c12-8-10-2-4-11(5-3-10)9-13-6-1-7-16(13,14)15/h2-5H,1,6-7,9H2. The molecule has 0 unspecified atom stereocenters. The highest BCUT2D eigenvalue weighted by Crippen LogP contribution is 2.17. The summed E-state index contributed by atoms with van der Waals surface area (Å²) in [5.74, 6) is 0.253. The van der Waals surface area contributed by atoms with Crippen molar-refractivity contribution in [2.75, 3.05) is 12.3 Å². The predicted molar refractivity (Wildman–Crippen MR) is 60.0 cm³/mol. The lowest BCUT2D eigenvalue weighted by atomic mass is 10.1. The molecule has 1 aromatic carbocycles. The minimum absolute atomic E-state index is 0.253. The van der Waals surface area contributed by atoms with Crippen LogP contribution in [0.1, 0.15) is 17.5 Å². The molecular weight excluding hydrogens is 224 g/mol. The molecule has 5 heteroatoms. The first-order valence-electron chi connectivity index (χ1n) is 5.09. The first-order chi connectivity index (χ1) is 7.62. The quantitative estimate of drug-likeness (QED) is 0.772. The van der Waals surface area contributed by atoms with Crippen LogP contribution in [-0.4, -0.2) is 25.0 Å². The van der Waals surface area contributed by atoms with Gasteiger partial charge in [0.05, 0.1) is 17.4 Å². The van der Waals surface area contributed by atoms with Crippen LogP contribution in [0.25, 0.3) is 0 Å². The number of nitrogens with zero attached hydrogens (tertiary/aromatic N) is 2. The van der Waals surface area contributed by atoms with Gasteiger partial charge in [-0.05, 0) is 24.1 Å². The number of nitriles is 1. The molecule has 1 heterocycles. The van der Waals surface area contributed by atoms with Crippen LogP contribution in [0, 0.1) is 11.3 Å². The topological polar surface area (TPSA) is 61.2 Å². The van der Waals surface area contributed by atoms with E-state index in [0.29, 0.717) is 25.1 Å². The number of hydrogen-bond acceptors (Lipinski definition) is 3. The smallest absolute Gasteiger partial charge is 0.212 e. The van der Waals surface area contributed by atoms with Crippen LogP contribution in [0.5, 0.6) is 0 Å². The summed E-state index contributed by atoms with van der Waals surface area (Å²) in [6.07, 6.45) is 0.707. The van der Waals surface area contributed by atoms with E-state index in [1.165, 1.54) is 4.31 Å². The molecule has 0 atom stereocenters. The second-order valence-corrected chi connectivity index (χ2v) is 5.90. The molecule has 1 aromatic rings. The summed E-state index contributed by atoms with van der Waals surface area (Å²) in [6, 6.07) is 9.04. The van der Waals surface area contributed by atoms with Gasteiger partial charge in [-0.15, -0.1) is 0 Å². The zero-order valence-corrected chi connectivity index (χ0v) is 9.57. The number of hydrogen-bond donors (Lipinski definition) is 0. The van der Waals surface area contributed by atoms with Crippen molar-refractivity contribution >= 4 is 10.0 Å². The molecule has 1 fully saturated rings. The molecule has 0 N–H and O–H groups in total. The monoisotopic (exact) mass is 236 g/mol. The van der Waals surface area contributed by atoms with Gasteiger partial charge in [0.25, 0.3) is 0 Å². The molecule has 2 rings (SSSR count). The van der Waals surface area contributed by atoms with Gasteiger partial charge in [-0.3, -0.25) is 0 Å². The van der Waals surface area contributed by atoms with E-state index in [1.54, 1.807) is 24.3 Å². The number of rotatable bonds is 2. The van der Waals surface area contributed by atoms with Gasteiger partial charge in [0.15, 0.2) is 0 Å². The zero-order chi connectivity index (χ0) is 11.6. The van der Waals surface area contributed by atoms with Gasteiger partial charge in [-0.2, -0.15) is 9.57 Å². The fourth-order valence-electron chi connectivity index (χ4n) is 1.76. The van der Waals surface area contributed by atoms with Gasteiger partial charge in [0.1, 0.15) is 0 Å². The molecule has 4 nitrogen and oxygen atoms in total. The van der Waals surface area contributed by atoms with Crippen molar-refractivity contribution in [1.82, 2.24) is 4.31 Å². The SMILES string of the molecule is N#Cc1ccc(CN2CCCS2(=O)=O)cc1. The normalized spacial score (nSPS) is 19.4. The van der Waals surface area contributed by atoms with Gasteiger partial charge in [-0.25, -0.2) is 8.42 Å². The highest BCUT2D eigenvalue weighted by Gasteiger charge is 2.27. The Morgan fingerprint density at radius 3 is 2.50 bits per heavy atom. The van der Waals surface area contributed by atoms with Crippen molar-refractivity contribution in [3.05, 3.63) is 35.4 Å². The molecule has 0 saturated carbocycles. The van der Waals surface area contributed by atoms with Crippen molar-refractivity contribution < 1.29 is 8.42 Å². The lowest BCUT2D eigenvalue weighted by molar-refractivity contribution is 0.440. The largest absolute Gasteiger partial charge is 0.214 e. The summed E-state index contributed by atoms with van der Waals surface area (Å²) in [6.45, 7) is 1.01. The molecule has 0 bridgehead atoms. The minimum Gasteiger partial charge on any atom is -0.212 e. The molecule has 1 aliphatic heterocycles. The Balaban J connectivity index is 2.13. The molecule has 1 aliphatic rings. The van der Waals surface area contributed by atoms with E-state index >= 15 is 0 Å². The molecule has 0 amide bonds. The fourth-order valence-corrected chi connectivity index (χ4v) is 3.26. The van der Waals surface area contributed by atoms with Crippen LogP contribution in [0.2, 0.25) is 0 Å². The summed E-state index contributed by atoms with van der Waals surface area (Å²) < 4.78 is 24.6. The van der Waals surface area contributed by atoms with Crippen LogP contribution < -0.4 is 0 Å². The Bertz CT molecular complexity index is 514. The van der Waals surface area contributed by atoms with Gasteiger partial charge in [0, 0.05) is 13.1 Å². The third-order valence-corrected chi connectivity index (χ3v) is 4.55. The van der Waals surface area contributed by atoms with E-state index < -0.39 is 10.0 Å². The van der Waals surface area contributed by atoms with Crippen molar-refractivity contribution in [2.45, 2.75) is 13.0 Å². The average molecular weight is 236 g/mol. The second kappa shape index (κ2) is 4.24. The van der Waals surface area contributed by atoms with Crippen LogP contribution in [-0.2, 0) is 16.6 Å². The lowest BCUT2D eigenvalue weighted by Gasteiger charge is -2.13. The number of benzene rings is 1. The maximum absolute atomic E-state index is 11.6. The van der Waals surface area contributed by atoms with Gasteiger partial charge < -0.3 is 0 Å². The molecular formula is C11H12N2O2S. The van der Waals surface area contributed by atoms with Crippen molar-refractivity contribution in [2.24, 2.45) is 0 Å². The first-order valence-corrected chi connectivity index (χ1v) is 6.69. The maximum atomic E-state index is 11.6. The van der Waals surface area contributed by atoms with E-state index in [-0.39, 0.29) is 5.75 Å². The van der Waals surface area contributed by atoms with E-state index in [9.17, 15) is 8.42 Å². The van der Waals surface area contributed by atoms with E-state index in [0.717, 1.165) is 5.56 Å². The van der Waals surface area contributed by atoms with Gasteiger partial charge in [0.2, 0.25) is 10.0 Å². The predicted octanol–water partition coefficient (Wildman–Crippen LogP) is 1.09. The first kappa shape index (κ1) is 11.1. The van der Waals surface area contributed by atoms with Gasteiger partial charge in [-0.1, -0.05) is 12.1 Å². The van der Waals surface area contributed by atoms with Crippen LogP contribution >= 0.6 is 0 Å². The maximum Gasteiger partial charge on any atom is 0.214 e. The third-order valence-electron chi connectivity index (χ3n) is 2.65. The Kier molecular flexibility index (Phi) is 2.95. The Morgan fingerprint density at radius 2 is 2.00 bits per heavy atom. The molecule has 0 aromatic heterocycles. The zero-order valence-electron chi connectivity index (χ0n) is 8.76. The van der Waals surface area contributed by atoms with Crippen molar-refractivity contribution in [1.29, 1.82) is 5.26 Å². The van der Waals surface area contributed by atoms with E-state index in [4.69, 9.17) is 5.26 Å². The van der Waals surface area contributed by atoms with Crippen LogP contribution in [0.3, 0.4) is 0 Å². The minimum atomic E-state index is -3.03. The Hall–Kier alpha value is -1.38. The summed E-state index contributed by atoms with van der Waals surface area (Å²) in [5, 5.41) is 8.64. The Labute approximate surface area is 95.2 Å². The van der Waals surface area contributed by atoms with Crippen molar-refractivity contribution in [3.63, 3.8) is 0 Å². The molecule has 1 saturated heterocycles. The van der Waals surface area contributed by atoms with E-state index in [2.05, 4.69) is 0 Å². The molecule has 16 heavy (non-hydrogen) atoms. The summed E-state index contributed by atoms with van der Waals surface area (Å²) in [5.41, 5.74) is 1.51. The highest BCUT2D eigenvalue weighted by atomic mass is 32.2. The molecule has 0 spiro atoms. The van der Waals surface area contributed by atoms with Crippen molar-refractivity contribution in [3.8, 4) is 6.07 Å². The molecule has 0 radical (unpaired) electrons. The van der Waals surface area contributed by atoms with Crippen LogP contribution in [0.15, 0.2) is 24.3 Å². The summed E-state index contributed by atoms with van der Waals surface area (Å²) in [4.78, 5) is 0. The van der Waals surface area contributed by atoms with Gasteiger partial charge >= 0.3 is 0 Å². The van der Waals surface area contributed by atoms with E-state index in [1.807, 2.05) is 6.07 Å². The number of sulfonamides is 1. The fraction of sp³-hybridized carbons (Fsp3) is 0.364. The van der Waals surface area contributed by atoms with Crippen LogP contribution in [0.4, 0.5) is 0 Å². The highest BCUT2D eigenvalue weighted by molar-refractivity contribution is 7.89. The summed E-state index contributed by atoms with van der Waals surface area (Å²) >= 11 is 0. The second-order valence-electron chi connectivity index (χ2n) is 3.81. The lowest BCUT2D eigenvalue weighted by Crippen LogP contribution is -2.25. The molecule has 84 valence electrons. The summed E-state index contributed by atoms with van der Waals surface area (Å²) in [7, 11) is -3.03. The Morgan fingerprint density at radius 1 is 1.31 bits per heavy atom.